The smallest absolute Gasteiger partial charge is 0.0572 e. The van der Waals surface area contributed by atoms with E-state index < -0.39 is 0 Å². The Morgan fingerprint density at radius 2 is 2.00 bits per heavy atom. The average molecular weight is 162 g/mol. The van der Waals surface area contributed by atoms with Crippen LogP contribution in [0.2, 0.25) is 0 Å². The van der Waals surface area contributed by atoms with Gasteiger partial charge in [0.15, 0.2) is 0 Å². The van der Waals surface area contributed by atoms with Crippen LogP contribution in [0.5, 0.6) is 0 Å². The first kappa shape index (κ1) is 10.8. The van der Waals surface area contributed by atoms with Crippen LogP contribution >= 0.6 is 0 Å². The summed E-state index contributed by atoms with van der Waals surface area (Å²) in [6, 6.07) is 0. The number of hydrogen-bond acceptors (Lipinski definition) is 5. The van der Waals surface area contributed by atoms with Gasteiger partial charge < -0.3 is 16.2 Å². The van der Waals surface area contributed by atoms with Crippen molar-refractivity contribution in [1.29, 1.82) is 0 Å². The fourth-order valence-corrected chi connectivity index (χ4v) is 0.690. The highest BCUT2D eigenvalue weighted by atomic mass is 16.3. The molecule has 5 nitrogen and oxygen atoms in total. The number of nitrogens with one attached hydrogen (secondary N) is 1. The van der Waals surface area contributed by atoms with Crippen molar-refractivity contribution in [2.24, 2.45) is 11.6 Å². The fourth-order valence-electron chi connectivity index (χ4n) is 0.690. The van der Waals surface area contributed by atoms with Crippen LogP contribution in [0.3, 0.4) is 0 Å². The lowest BCUT2D eigenvalue weighted by Crippen LogP contribution is -2.39. The molecule has 0 aromatic heterocycles. The maximum absolute atomic E-state index is 8.48. The fraction of sp³-hybridized carbons (Fsp3) is 1.00. The second-order valence-corrected chi connectivity index (χ2v) is 2.30. The highest BCUT2D eigenvalue weighted by molar-refractivity contribution is 4.52. The zero-order valence-electron chi connectivity index (χ0n) is 6.79. The highest BCUT2D eigenvalue weighted by Crippen LogP contribution is 1.73. The summed E-state index contributed by atoms with van der Waals surface area (Å²) in [7, 11) is 0. The van der Waals surface area contributed by atoms with Crippen molar-refractivity contribution in [3.8, 4) is 0 Å². The summed E-state index contributed by atoms with van der Waals surface area (Å²) in [6.07, 6.45) is 0. The van der Waals surface area contributed by atoms with E-state index in [1.165, 1.54) is 0 Å². The van der Waals surface area contributed by atoms with Gasteiger partial charge in [0, 0.05) is 32.7 Å². The third kappa shape index (κ3) is 7.70. The Labute approximate surface area is 67.3 Å². The maximum atomic E-state index is 8.48. The Hall–Kier alpha value is -0.200. The van der Waals surface area contributed by atoms with Gasteiger partial charge in [0.25, 0.3) is 0 Å². The molecule has 0 aliphatic heterocycles. The van der Waals surface area contributed by atoms with Crippen LogP contribution in [-0.2, 0) is 0 Å². The van der Waals surface area contributed by atoms with Gasteiger partial charge in [-0.15, -0.1) is 0 Å². The molecule has 0 heterocycles. The summed E-state index contributed by atoms with van der Waals surface area (Å²) in [5, 5.41) is 13.1. The van der Waals surface area contributed by atoms with Gasteiger partial charge in [-0.25, -0.2) is 5.01 Å². The Balaban J connectivity index is 2.97. The van der Waals surface area contributed by atoms with Crippen LogP contribution in [0, 0.1) is 0 Å². The van der Waals surface area contributed by atoms with Crippen LogP contribution in [0.4, 0.5) is 0 Å². The minimum absolute atomic E-state index is 0.105. The number of hydrogen-bond donors (Lipinski definition) is 4. The maximum Gasteiger partial charge on any atom is 0.0572 e. The molecule has 0 radical (unpaired) electrons. The molecular formula is C6H18N4O. The SMILES string of the molecule is NCCNCCN(N)CCO. The summed E-state index contributed by atoms with van der Waals surface area (Å²) >= 11 is 0. The molecule has 0 unspecified atom stereocenters. The minimum Gasteiger partial charge on any atom is -0.395 e. The third-order valence-electron chi connectivity index (χ3n) is 1.28. The number of rotatable bonds is 7. The largest absolute Gasteiger partial charge is 0.395 e. The molecule has 0 rings (SSSR count). The van der Waals surface area contributed by atoms with Crippen molar-refractivity contribution in [3.05, 3.63) is 0 Å². The molecule has 0 aliphatic carbocycles. The van der Waals surface area contributed by atoms with Crippen molar-refractivity contribution in [2.75, 3.05) is 39.3 Å². The molecule has 0 atom stereocenters. The predicted octanol–water partition coefficient (Wildman–Crippen LogP) is -2.30. The molecular weight excluding hydrogens is 144 g/mol. The molecule has 68 valence electrons. The van der Waals surface area contributed by atoms with E-state index in [9.17, 15) is 0 Å². The van der Waals surface area contributed by atoms with E-state index in [1.807, 2.05) is 0 Å². The van der Waals surface area contributed by atoms with Crippen molar-refractivity contribution in [2.45, 2.75) is 0 Å². The van der Waals surface area contributed by atoms with Gasteiger partial charge in [0.1, 0.15) is 0 Å². The van der Waals surface area contributed by atoms with Gasteiger partial charge in [0.05, 0.1) is 6.61 Å². The molecule has 0 aliphatic rings. The number of nitrogens with zero attached hydrogens (tertiary/aromatic N) is 1. The Kier molecular flexibility index (Phi) is 7.76. The molecule has 0 spiro atoms. The van der Waals surface area contributed by atoms with Gasteiger partial charge in [-0.3, -0.25) is 5.84 Å². The van der Waals surface area contributed by atoms with Crippen LogP contribution in [0.15, 0.2) is 0 Å². The molecule has 0 aromatic rings. The van der Waals surface area contributed by atoms with E-state index in [0.29, 0.717) is 13.1 Å². The van der Waals surface area contributed by atoms with Crippen LogP contribution in [0.25, 0.3) is 0 Å². The molecule has 0 fully saturated rings. The second kappa shape index (κ2) is 7.90. The molecule has 0 bridgehead atoms. The van der Waals surface area contributed by atoms with Crippen LogP contribution in [0.1, 0.15) is 0 Å². The van der Waals surface area contributed by atoms with Gasteiger partial charge in [-0.05, 0) is 0 Å². The highest BCUT2D eigenvalue weighted by Gasteiger charge is 1.94. The molecule has 5 heteroatoms. The van der Waals surface area contributed by atoms with Crippen molar-refractivity contribution < 1.29 is 5.11 Å². The lowest BCUT2D eigenvalue weighted by Gasteiger charge is -2.14. The summed E-state index contributed by atoms with van der Waals surface area (Å²) in [6.45, 7) is 3.63. The topological polar surface area (TPSA) is 87.5 Å². The van der Waals surface area contributed by atoms with Gasteiger partial charge >= 0.3 is 0 Å². The first-order valence-corrected chi connectivity index (χ1v) is 3.82. The van der Waals surface area contributed by atoms with Gasteiger partial charge in [0.2, 0.25) is 0 Å². The summed E-state index contributed by atoms with van der Waals surface area (Å²) in [5.74, 6) is 5.47. The van der Waals surface area contributed by atoms with Crippen molar-refractivity contribution in [1.82, 2.24) is 10.3 Å². The van der Waals surface area contributed by atoms with Crippen molar-refractivity contribution in [3.63, 3.8) is 0 Å². The average Bonchev–Trinajstić information content (AvgIpc) is 1.99. The minimum atomic E-state index is 0.105. The number of aliphatic hydroxyl groups is 1. The number of nitrogens with two attached hydrogens (primary N) is 2. The molecule has 6 N–H and O–H groups in total. The van der Waals surface area contributed by atoms with E-state index >= 15 is 0 Å². The van der Waals surface area contributed by atoms with Gasteiger partial charge in [-0.1, -0.05) is 0 Å². The summed E-state index contributed by atoms with van der Waals surface area (Å²) in [4.78, 5) is 0. The Morgan fingerprint density at radius 1 is 1.27 bits per heavy atom. The second-order valence-electron chi connectivity index (χ2n) is 2.30. The summed E-state index contributed by atoms with van der Waals surface area (Å²) < 4.78 is 0. The van der Waals surface area contributed by atoms with Crippen LogP contribution in [-0.4, -0.2) is 49.4 Å². The molecule has 11 heavy (non-hydrogen) atoms. The number of aliphatic hydroxyl groups excluding tert-OH is 1. The molecule has 0 saturated carbocycles. The zero-order valence-corrected chi connectivity index (χ0v) is 6.79. The standard InChI is InChI=1S/C6H18N4O/c7-1-2-9-3-4-10(8)5-6-11/h9,11H,1-8H2. The third-order valence-corrected chi connectivity index (χ3v) is 1.28. The monoisotopic (exact) mass is 162 g/mol. The van der Waals surface area contributed by atoms with E-state index in [0.717, 1.165) is 19.6 Å². The number of hydrazine groups is 1. The lowest BCUT2D eigenvalue weighted by molar-refractivity contribution is 0.199. The zero-order chi connectivity index (χ0) is 8.53. The summed E-state index contributed by atoms with van der Waals surface area (Å²) in [5.41, 5.74) is 5.26. The first-order valence-electron chi connectivity index (χ1n) is 3.82. The van der Waals surface area contributed by atoms with Crippen molar-refractivity contribution >= 4 is 0 Å². The van der Waals surface area contributed by atoms with E-state index in [1.54, 1.807) is 5.01 Å². The molecule has 0 aromatic carbocycles. The van der Waals surface area contributed by atoms with Gasteiger partial charge in [-0.2, -0.15) is 0 Å². The van der Waals surface area contributed by atoms with E-state index in [2.05, 4.69) is 5.32 Å². The normalized spacial score (nSPS) is 10.9. The van der Waals surface area contributed by atoms with Crippen LogP contribution < -0.4 is 16.9 Å². The van der Waals surface area contributed by atoms with E-state index in [-0.39, 0.29) is 6.61 Å². The molecule has 0 saturated heterocycles. The quantitative estimate of drug-likeness (QED) is 0.192. The lowest BCUT2D eigenvalue weighted by atomic mass is 10.5. The van der Waals surface area contributed by atoms with E-state index in [4.69, 9.17) is 16.7 Å². The Morgan fingerprint density at radius 3 is 2.55 bits per heavy atom. The Bertz CT molecular complexity index is 81.0. The predicted molar refractivity (Wildman–Crippen MR) is 44.8 cm³/mol. The first-order chi connectivity index (χ1) is 5.31. The molecule has 0 amide bonds.